The summed E-state index contributed by atoms with van der Waals surface area (Å²) in [7, 11) is 0. The quantitative estimate of drug-likeness (QED) is 0.832. The van der Waals surface area contributed by atoms with Crippen molar-refractivity contribution >= 4 is 5.91 Å². The number of ether oxygens (including phenoxy) is 2. The molecule has 4 heteroatoms. The van der Waals surface area contributed by atoms with Gasteiger partial charge in [-0.3, -0.25) is 4.79 Å². The van der Waals surface area contributed by atoms with Crippen LogP contribution in [0.25, 0.3) is 0 Å². The molecule has 4 nitrogen and oxygen atoms in total. The lowest BCUT2D eigenvalue weighted by molar-refractivity contribution is -0.140. The number of amides is 1. The summed E-state index contributed by atoms with van der Waals surface area (Å²) >= 11 is 0. The molecule has 2 heterocycles. The van der Waals surface area contributed by atoms with E-state index in [4.69, 9.17) is 9.47 Å². The number of hydrogen-bond donors (Lipinski definition) is 0. The summed E-state index contributed by atoms with van der Waals surface area (Å²) in [4.78, 5) is 14.1. The fourth-order valence-corrected chi connectivity index (χ4v) is 2.95. The second kappa shape index (κ2) is 4.62. The third-order valence-corrected chi connectivity index (χ3v) is 3.97. The van der Waals surface area contributed by atoms with Crippen molar-refractivity contribution in [3.8, 4) is 0 Å². The minimum Gasteiger partial charge on any atom is -0.363 e. The maximum atomic E-state index is 12.3. The fraction of sp³-hybridized carbons (Fsp3) is 0.533. The largest absolute Gasteiger partial charge is 0.363 e. The minimum atomic E-state index is -0.419. The molecule has 1 aromatic carbocycles. The number of rotatable bonds is 3. The van der Waals surface area contributed by atoms with E-state index in [0.29, 0.717) is 19.8 Å². The molecule has 1 amide bonds. The lowest BCUT2D eigenvalue weighted by Gasteiger charge is -2.28. The fourth-order valence-electron chi connectivity index (χ4n) is 2.95. The first-order chi connectivity index (χ1) is 9.10. The van der Waals surface area contributed by atoms with Crippen LogP contribution in [0.1, 0.15) is 19.4 Å². The molecule has 102 valence electrons. The van der Waals surface area contributed by atoms with Crippen LogP contribution in [0.3, 0.4) is 0 Å². The van der Waals surface area contributed by atoms with Gasteiger partial charge in [-0.25, -0.2) is 0 Å². The SMILES string of the molecule is CC1(C)[C@H](OCc2ccccc2)C(=O)N2CCO[C@H]21. The maximum Gasteiger partial charge on any atom is 0.254 e. The number of fused-ring (bicyclic) bond motifs is 1. The first-order valence-corrected chi connectivity index (χ1v) is 6.68. The third-order valence-electron chi connectivity index (χ3n) is 3.97. The van der Waals surface area contributed by atoms with E-state index in [0.717, 1.165) is 5.56 Å². The first kappa shape index (κ1) is 12.6. The monoisotopic (exact) mass is 261 g/mol. The molecule has 3 rings (SSSR count). The number of hydrogen-bond acceptors (Lipinski definition) is 3. The van der Waals surface area contributed by atoms with E-state index in [1.54, 1.807) is 4.90 Å². The molecule has 0 spiro atoms. The highest BCUT2D eigenvalue weighted by atomic mass is 16.5. The van der Waals surface area contributed by atoms with Gasteiger partial charge in [-0.05, 0) is 5.56 Å². The van der Waals surface area contributed by atoms with Gasteiger partial charge in [0.15, 0.2) is 0 Å². The Labute approximate surface area is 113 Å². The van der Waals surface area contributed by atoms with Crippen molar-refractivity contribution in [2.75, 3.05) is 13.2 Å². The molecule has 0 saturated carbocycles. The highest BCUT2D eigenvalue weighted by Gasteiger charge is 2.57. The van der Waals surface area contributed by atoms with Gasteiger partial charge < -0.3 is 14.4 Å². The molecule has 1 aromatic rings. The van der Waals surface area contributed by atoms with Crippen molar-refractivity contribution in [1.29, 1.82) is 0 Å². The topological polar surface area (TPSA) is 38.8 Å². The molecule has 2 aliphatic heterocycles. The van der Waals surface area contributed by atoms with Gasteiger partial charge in [-0.15, -0.1) is 0 Å². The van der Waals surface area contributed by atoms with Crippen LogP contribution in [0.5, 0.6) is 0 Å². The number of carbonyl (C=O) groups excluding carboxylic acids is 1. The first-order valence-electron chi connectivity index (χ1n) is 6.68. The van der Waals surface area contributed by atoms with Crippen LogP contribution in [0, 0.1) is 5.41 Å². The van der Waals surface area contributed by atoms with Gasteiger partial charge in [-0.1, -0.05) is 44.2 Å². The van der Waals surface area contributed by atoms with Crippen molar-refractivity contribution in [1.82, 2.24) is 4.90 Å². The minimum absolute atomic E-state index is 0.0587. The van der Waals surface area contributed by atoms with Gasteiger partial charge in [0.2, 0.25) is 0 Å². The second-order valence-electron chi connectivity index (χ2n) is 5.75. The molecule has 2 saturated heterocycles. The molecule has 0 aliphatic carbocycles. The lowest BCUT2D eigenvalue weighted by atomic mass is 9.87. The van der Waals surface area contributed by atoms with Gasteiger partial charge in [0.05, 0.1) is 13.2 Å². The molecule has 0 unspecified atom stereocenters. The molecule has 19 heavy (non-hydrogen) atoms. The summed E-state index contributed by atoms with van der Waals surface area (Å²) in [6.07, 6.45) is -0.557. The van der Waals surface area contributed by atoms with Crippen LogP contribution in [0.2, 0.25) is 0 Å². The van der Waals surface area contributed by atoms with E-state index in [1.165, 1.54) is 0 Å². The van der Waals surface area contributed by atoms with Gasteiger partial charge in [0.25, 0.3) is 5.91 Å². The third kappa shape index (κ3) is 2.05. The summed E-state index contributed by atoms with van der Waals surface area (Å²) < 4.78 is 11.6. The molecule has 2 atom stereocenters. The van der Waals surface area contributed by atoms with Crippen LogP contribution in [0.4, 0.5) is 0 Å². The summed E-state index contributed by atoms with van der Waals surface area (Å²) in [5.41, 5.74) is 0.779. The van der Waals surface area contributed by atoms with Crippen LogP contribution >= 0.6 is 0 Å². The number of benzene rings is 1. The predicted octanol–water partition coefficient (Wildman–Crippen LogP) is 1.80. The molecule has 0 radical (unpaired) electrons. The van der Waals surface area contributed by atoms with Crippen LogP contribution in [-0.2, 0) is 20.9 Å². The molecule has 0 aromatic heterocycles. The lowest BCUT2D eigenvalue weighted by Crippen LogP contribution is -2.37. The summed E-state index contributed by atoms with van der Waals surface area (Å²) in [5.74, 6) is 0.0587. The van der Waals surface area contributed by atoms with Crippen LogP contribution in [0.15, 0.2) is 30.3 Å². The van der Waals surface area contributed by atoms with Crippen LogP contribution in [-0.4, -0.2) is 36.3 Å². The Balaban J connectivity index is 1.72. The molecule has 0 N–H and O–H groups in total. The van der Waals surface area contributed by atoms with Gasteiger partial charge >= 0.3 is 0 Å². The van der Waals surface area contributed by atoms with Crippen molar-refractivity contribution < 1.29 is 14.3 Å². The normalized spacial score (nSPS) is 28.7. The van der Waals surface area contributed by atoms with E-state index in [9.17, 15) is 4.79 Å². The van der Waals surface area contributed by atoms with Gasteiger partial charge in [-0.2, -0.15) is 0 Å². The molecule has 0 bridgehead atoms. The van der Waals surface area contributed by atoms with Crippen molar-refractivity contribution in [2.45, 2.75) is 32.8 Å². The van der Waals surface area contributed by atoms with E-state index in [-0.39, 0.29) is 17.6 Å². The summed E-state index contributed by atoms with van der Waals surface area (Å²) in [5, 5.41) is 0. The van der Waals surface area contributed by atoms with Crippen molar-refractivity contribution in [3.05, 3.63) is 35.9 Å². The van der Waals surface area contributed by atoms with E-state index >= 15 is 0 Å². The molecular weight excluding hydrogens is 242 g/mol. The standard InChI is InChI=1S/C15H19NO3/c1-15(2)12(13(17)16-8-9-18-14(15)16)19-10-11-6-4-3-5-7-11/h3-7,12,14H,8-10H2,1-2H3/t12-,14+/m1/s1. The molecule has 2 fully saturated rings. The molecular formula is C15H19NO3. The Bertz CT molecular complexity index is 472. The predicted molar refractivity (Wildman–Crippen MR) is 70.3 cm³/mol. The average Bonchev–Trinajstić information content (AvgIpc) is 2.94. The van der Waals surface area contributed by atoms with Gasteiger partial charge in [0, 0.05) is 12.0 Å². The Kier molecular flexibility index (Phi) is 3.07. The maximum absolute atomic E-state index is 12.3. The number of carbonyl (C=O) groups is 1. The van der Waals surface area contributed by atoms with Crippen LogP contribution < -0.4 is 0 Å². The summed E-state index contributed by atoms with van der Waals surface area (Å²) in [6, 6.07) is 9.93. The Morgan fingerprint density at radius 2 is 2.11 bits per heavy atom. The molecule has 2 aliphatic rings. The Morgan fingerprint density at radius 3 is 2.79 bits per heavy atom. The Morgan fingerprint density at radius 1 is 1.37 bits per heavy atom. The zero-order valence-corrected chi connectivity index (χ0v) is 11.3. The highest BCUT2D eigenvalue weighted by Crippen LogP contribution is 2.42. The zero-order chi connectivity index (χ0) is 13.5. The van der Waals surface area contributed by atoms with E-state index in [2.05, 4.69) is 0 Å². The van der Waals surface area contributed by atoms with E-state index < -0.39 is 6.10 Å². The van der Waals surface area contributed by atoms with E-state index in [1.807, 2.05) is 44.2 Å². The van der Waals surface area contributed by atoms with Gasteiger partial charge in [0.1, 0.15) is 12.3 Å². The average molecular weight is 261 g/mol. The van der Waals surface area contributed by atoms with Crippen molar-refractivity contribution in [3.63, 3.8) is 0 Å². The zero-order valence-electron chi connectivity index (χ0n) is 11.3. The Hall–Kier alpha value is -1.39. The number of nitrogens with zero attached hydrogens (tertiary/aromatic N) is 1. The summed E-state index contributed by atoms with van der Waals surface area (Å²) in [6.45, 7) is 5.84. The second-order valence-corrected chi connectivity index (χ2v) is 5.75. The van der Waals surface area contributed by atoms with Crippen molar-refractivity contribution in [2.24, 2.45) is 5.41 Å². The smallest absolute Gasteiger partial charge is 0.254 e. The highest BCUT2D eigenvalue weighted by molar-refractivity contribution is 5.85.